The maximum Gasteiger partial charge on any atom is 0.261 e. The average molecular weight is 242 g/mol. The number of fused-ring (bicyclic) bond motifs is 1. The molecule has 0 saturated carbocycles. The van der Waals surface area contributed by atoms with Gasteiger partial charge in [-0.05, 0) is 39.9 Å². The summed E-state index contributed by atoms with van der Waals surface area (Å²) in [5.74, 6) is 5.82. The van der Waals surface area contributed by atoms with Gasteiger partial charge in [-0.1, -0.05) is 0 Å². The minimum absolute atomic E-state index is 0.0793. The fraction of sp³-hybridized carbons (Fsp3) is 0.800. The highest BCUT2D eigenvalue weighted by Crippen LogP contribution is 2.39. The topological polar surface area (TPSA) is 61.6 Å². The Hall–Kier alpha value is -0.880. The second-order valence-corrected chi connectivity index (χ2v) is 5.85. The second kappa shape index (κ2) is 3.07. The van der Waals surface area contributed by atoms with E-state index in [1.54, 1.807) is 0 Å². The highest BCUT2D eigenvalue weighted by Gasteiger charge is 2.57. The lowest BCUT2D eigenvalue weighted by Gasteiger charge is -2.50. The van der Waals surface area contributed by atoms with Gasteiger partial charge in [0.1, 0.15) is 11.7 Å². The van der Waals surface area contributed by atoms with E-state index in [0.717, 1.165) is 6.42 Å². The Labute approximate surface area is 101 Å². The summed E-state index contributed by atoms with van der Waals surface area (Å²) in [6, 6.07) is -0.286. The Morgan fingerprint density at radius 3 is 2.62 bits per heavy atom. The van der Waals surface area contributed by atoms with Gasteiger partial charge >= 0.3 is 0 Å². The third-order valence-corrected chi connectivity index (χ3v) is 3.76. The summed E-state index contributed by atoms with van der Waals surface area (Å²) < 4.78 is 0. The van der Waals surface area contributed by atoms with Crippen LogP contribution in [0.4, 0.5) is 0 Å². The van der Waals surface area contributed by atoms with Crippen LogP contribution in [-0.2, 0) is 4.79 Å². The summed E-state index contributed by atoms with van der Waals surface area (Å²) in [5, 5.41) is 5.18. The van der Waals surface area contributed by atoms with Crippen molar-refractivity contribution in [3.8, 4) is 0 Å². The molecule has 0 unspecified atom stereocenters. The van der Waals surface area contributed by atoms with E-state index >= 15 is 0 Å². The summed E-state index contributed by atoms with van der Waals surface area (Å²) in [6.45, 7) is 7.91. The number of nitrogens with one attached hydrogen (secondary N) is 1. The monoisotopic (exact) mass is 242 g/mol. The molecule has 6 heteroatoms. The highest BCUT2D eigenvalue weighted by molar-refractivity contribution is 7.80. The van der Waals surface area contributed by atoms with Crippen LogP contribution in [0, 0.1) is 0 Å². The van der Waals surface area contributed by atoms with E-state index in [2.05, 4.69) is 19.2 Å². The molecule has 2 heterocycles. The lowest BCUT2D eigenvalue weighted by molar-refractivity contribution is -0.132. The van der Waals surface area contributed by atoms with Crippen molar-refractivity contribution < 1.29 is 4.79 Å². The molecule has 2 fully saturated rings. The SMILES string of the molecule is C[C@@H]1C(=O)N(N)[C@@]2(C)CC(C)(C)NC(=S)N12. The standard InChI is InChI=1S/C10H18N4OS/c1-6-7(15)14(11)10(4)5-9(2,3)12-8(16)13(6)10/h6H,5,11H2,1-4H3,(H,12,16)/t6-,10+/m1/s1. The molecule has 0 spiro atoms. The zero-order chi connectivity index (χ0) is 12.3. The van der Waals surface area contributed by atoms with Crippen molar-refractivity contribution in [1.29, 1.82) is 0 Å². The first-order chi connectivity index (χ1) is 7.19. The van der Waals surface area contributed by atoms with Crippen molar-refractivity contribution >= 4 is 23.2 Å². The van der Waals surface area contributed by atoms with Gasteiger partial charge in [0.05, 0.1) is 0 Å². The molecule has 0 aliphatic carbocycles. The minimum Gasteiger partial charge on any atom is -0.357 e. The van der Waals surface area contributed by atoms with Gasteiger partial charge in [-0.2, -0.15) is 0 Å². The van der Waals surface area contributed by atoms with E-state index in [9.17, 15) is 4.79 Å². The molecular formula is C10H18N4OS. The average Bonchev–Trinajstić information content (AvgIpc) is 2.25. The van der Waals surface area contributed by atoms with E-state index in [1.807, 2.05) is 18.7 Å². The lowest BCUT2D eigenvalue weighted by Crippen LogP contribution is -2.69. The van der Waals surface area contributed by atoms with Crippen molar-refractivity contribution in [1.82, 2.24) is 15.2 Å². The molecule has 1 amide bonds. The second-order valence-electron chi connectivity index (χ2n) is 5.46. The fourth-order valence-corrected chi connectivity index (χ4v) is 3.51. The first-order valence-corrected chi connectivity index (χ1v) is 5.80. The van der Waals surface area contributed by atoms with Gasteiger partial charge in [0.2, 0.25) is 0 Å². The third-order valence-electron chi connectivity index (χ3n) is 3.46. The Bertz CT molecular complexity index is 370. The molecule has 0 aromatic heterocycles. The van der Waals surface area contributed by atoms with Crippen LogP contribution >= 0.6 is 12.2 Å². The molecule has 16 heavy (non-hydrogen) atoms. The number of carbonyl (C=O) groups is 1. The number of hydrogen-bond donors (Lipinski definition) is 2. The smallest absolute Gasteiger partial charge is 0.261 e. The van der Waals surface area contributed by atoms with Crippen LogP contribution in [0.25, 0.3) is 0 Å². The summed E-state index contributed by atoms with van der Waals surface area (Å²) in [4.78, 5) is 13.8. The molecule has 2 saturated heterocycles. The van der Waals surface area contributed by atoms with Crippen LogP contribution < -0.4 is 11.2 Å². The van der Waals surface area contributed by atoms with Gasteiger partial charge in [0.15, 0.2) is 5.11 Å². The van der Waals surface area contributed by atoms with Gasteiger partial charge in [-0.3, -0.25) is 9.80 Å². The number of nitrogens with zero attached hydrogens (tertiary/aromatic N) is 2. The molecule has 5 nitrogen and oxygen atoms in total. The summed E-state index contributed by atoms with van der Waals surface area (Å²) >= 11 is 5.33. The summed E-state index contributed by atoms with van der Waals surface area (Å²) in [6.07, 6.45) is 0.743. The van der Waals surface area contributed by atoms with Crippen molar-refractivity contribution in [2.75, 3.05) is 0 Å². The molecule has 90 valence electrons. The molecule has 0 aromatic carbocycles. The fourth-order valence-electron chi connectivity index (χ4n) is 2.88. The van der Waals surface area contributed by atoms with Crippen LogP contribution in [0.5, 0.6) is 0 Å². The quantitative estimate of drug-likeness (QED) is 0.360. The van der Waals surface area contributed by atoms with E-state index in [1.165, 1.54) is 5.01 Å². The number of rotatable bonds is 0. The minimum atomic E-state index is -0.512. The van der Waals surface area contributed by atoms with Gasteiger partial charge < -0.3 is 10.2 Å². The van der Waals surface area contributed by atoms with Crippen LogP contribution in [0.15, 0.2) is 0 Å². The van der Waals surface area contributed by atoms with Crippen molar-refractivity contribution in [2.24, 2.45) is 5.84 Å². The van der Waals surface area contributed by atoms with Crippen LogP contribution in [0.2, 0.25) is 0 Å². The van der Waals surface area contributed by atoms with Gasteiger partial charge in [0.25, 0.3) is 5.91 Å². The third kappa shape index (κ3) is 1.33. The number of hydrazine groups is 1. The van der Waals surface area contributed by atoms with E-state index in [0.29, 0.717) is 5.11 Å². The molecule has 2 atom stereocenters. The molecular weight excluding hydrogens is 224 g/mol. The maximum absolute atomic E-state index is 11.9. The highest BCUT2D eigenvalue weighted by atomic mass is 32.1. The number of nitrogens with two attached hydrogens (primary N) is 1. The Kier molecular flexibility index (Phi) is 2.23. The molecule has 0 bridgehead atoms. The summed E-state index contributed by atoms with van der Waals surface area (Å²) in [5.41, 5.74) is -0.660. The maximum atomic E-state index is 11.9. The van der Waals surface area contributed by atoms with Crippen LogP contribution in [-0.4, -0.2) is 38.2 Å². The van der Waals surface area contributed by atoms with E-state index in [-0.39, 0.29) is 17.5 Å². The van der Waals surface area contributed by atoms with Gasteiger partial charge in [0, 0.05) is 12.0 Å². The van der Waals surface area contributed by atoms with Crippen LogP contribution in [0.1, 0.15) is 34.1 Å². The largest absolute Gasteiger partial charge is 0.357 e. The first kappa shape index (κ1) is 11.6. The van der Waals surface area contributed by atoms with Crippen molar-refractivity contribution in [3.05, 3.63) is 0 Å². The lowest BCUT2D eigenvalue weighted by atomic mass is 9.88. The predicted molar refractivity (Wildman–Crippen MR) is 65.2 cm³/mol. The Morgan fingerprint density at radius 2 is 2.06 bits per heavy atom. The molecule has 2 rings (SSSR count). The van der Waals surface area contributed by atoms with Crippen molar-refractivity contribution in [3.63, 3.8) is 0 Å². The van der Waals surface area contributed by atoms with Crippen LogP contribution in [0.3, 0.4) is 0 Å². The number of hydrogen-bond acceptors (Lipinski definition) is 3. The number of carbonyl (C=O) groups excluding carboxylic acids is 1. The molecule has 0 radical (unpaired) electrons. The number of amides is 1. The molecule has 2 aliphatic rings. The first-order valence-electron chi connectivity index (χ1n) is 5.39. The normalized spacial score (nSPS) is 37.4. The van der Waals surface area contributed by atoms with Crippen molar-refractivity contribution in [2.45, 2.75) is 51.4 Å². The van der Waals surface area contributed by atoms with Gasteiger partial charge in [-0.15, -0.1) is 0 Å². The summed E-state index contributed by atoms with van der Waals surface area (Å²) in [7, 11) is 0. The van der Waals surface area contributed by atoms with E-state index < -0.39 is 5.66 Å². The molecule has 0 aromatic rings. The number of thiocarbonyl (C=S) groups is 1. The zero-order valence-electron chi connectivity index (χ0n) is 10.1. The molecule has 3 N–H and O–H groups in total. The Morgan fingerprint density at radius 1 is 1.50 bits per heavy atom. The zero-order valence-corrected chi connectivity index (χ0v) is 10.9. The molecule has 2 aliphatic heterocycles. The predicted octanol–water partition coefficient (Wildman–Crippen LogP) is 0.166. The van der Waals surface area contributed by atoms with E-state index in [4.69, 9.17) is 18.1 Å². The van der Waals surface area contributed by atoms with Gasteiger partial charge in [-0.25, -0.2) is 5.84 Å². The Balaban J connectivity index is 2.46.